The van der Waals surface area contributed by atoms with Crippen LogP contribution < -0.4 is 5.32 Å². The smallest absolute Gasteiger partial charge is 0.242 e. The first-order valence-electron chi connectivity index (χ1n) is 9.81. The van der Waals surface area contributed by atoms with Gasteiger partial charge in [0.15, 0.2) is 0 Å². The SMILES string of the molecule is CCCNC(=O)C(C)N(Cc1cccc(C)c1)C(=O)CCSc1ccccc1. The van der Waals surface area contributed by atoms with Gasteiger partial charge in [0, 0.05) is 30.2 Å². The van der Waals surface area contributed by atoms with Gasteiger partial charge in [-0.3, -0.25) is 9.59 Å². The third-order valence-corrected chi connectivity index (χ3v) is 5.49. The number of nitrogens with zero attached hydrogens (tertiary/aromatic N) is 1. The summed E-state index contributed by atoms with van der Waals surface area (Å²) in [4.78, 5) is 28.3. The molecule has 0 bridgehead atoms. The Balaban J connectivity index is 2.04. The first-order chi connectivity index (χ1) is 13.5. The van der Waals surface area contributed by atoms with Crippen LogP contribution in [0.1, 0.15) is 37.8 Å². The van der Waals surface area contributed by atoms with E-state index in [0.717, 1.165) is 22.4 Å². The van der Waals surface area contributed by atoms with Gasteiger partial charge in [-0.2, -0.15) is 0 Å². The van der Waals surface area contributed by atoms with Gasteiger partial charge in [-0.05, 0) is 38.0 Å². The number of thioether (sulfide) groups is 1. The van der Waals surface area contributed by atoms with E-state index in [9.17, 15) is 9.59 Å². The van der Waals surface area contributed by atoms with Crippen molar-refractivity contribution in [2.45, 2.75) is 51.1 Å². The summed E-state index contributed by atoms with van der Waals surface area (Å²) in [6, 6.07) is 17.6. The molecular weight excluding hydrogens is 368 g/mol. The number of aryl methyl sites for hydroxylation is 1. The minimum absolute atomic E-state index is 0.00378. The first kappa shape index (κ1) is 22.0. The van der Waals surface area contributed by atoms with Crippen LogP contribution in [0.4, 0.5) is 0 Å². The molecule has 0 saturated heterocycles. The predicted molar refractivity (Wildman–Crippen MR) is 116 cm³/mol. The van der Waals surface area contributed by atoms with Gasteiger partial charge in [0.25, 0.3) is 0 Å². The zero-order valence-corrected chi connectivity index (χ0v) is 17.8. The van der Waals surface area contributed by atoms with Crippen molar-refractivity contribution < 1.29 is 9.59 Å². The van der Waals surface area contributed by atoms with Gasteiger partial charge in [0.2, 0.25) is 11.8 Å². The highest BCUT2D eigenvalue weighted by atomic mass is 32.2. The standard InChI is InChI=1S/C23H30N2O2S/c1-4-14-24-23(27)19(3)25(17-20-10-8-9-18(2)16-20)22(26)13-15-28-21-11-6-5-7-12-21/h5-12,16,19H,4,13-15,17H2,1-3H3,(H,24,27). The molecule has 1 unspecified atom stereocenters. The second kappa shape index (κ2) is 11.5. The fourth-order valence-electron chi connectivity index (χ4n) is 2.90. The Morgan fingerprint density at radius 2 is 1.86 bits per heavy atom. The Kier molecular flexibility index (Phi) is 9.08. The molecule has 0 aliphatic carbocycles. The number of carbonyl (C=O) groups excluding carboxylic acids is 2. The number of benzene rings is 2. The van der Waals surface area contributed by atoms with Crippen molar-refractivity contribution in [3.05, 3.63) is 65.7 Å². The van der Waals surface area contributed by atoms with Gasteiger partial charge < -0.3 is 10.2 Å². The largest absolute Gasteiger partial charge is 0.354 e. The summed E-state index contributed by atoms with van der Waals surface area (Å²) in [5.74, 6) is 0.596. The molecule has 0 spiro atoms. The van der Waals surface area contributed by atoms with Crippen LogP contribution in [-0.2, 0) is 16.1 Å². The molecule has 0 aliphatic heterocycles. The fourth-order valence-corrected chi connectivity index (χ4v) is 3.76. The molecule has 5 heteroatoms. The van der Waals surface area contributed by atoms with Crippen LogP contribution in [0.15, 0.2) is 59.5 Å². The van der Waals surface area contributed by atoms with E-state index in [-0.39, 0.29) is 11.8 Å². The van der Waals surface area contributed by atoms with E-state index < -0.39 is 6.04 Å². The van der Waals surface area contributed by atoms with E-state index >= 15 is 0 Å². The van der Waals surface area contributed by atoms with Gasteiger partial charge in [0.05, 0.1) is 0 Å². The monoisotopic (exact) mass is 398 g/mol. The molecule has 28 heavy (non-hydrogen) atoms. The Hall–Kier alpha value is -2.27. The molecule has 0 aromatic heterocycles. The minimum Gasteiger partial charge on any atom is -0.354 e. The van der Waals surface area contributed by atoms with Crippen molar-refractivity contribution in [3.63, 3.8) is 0 Å². The van der Waals surface area contributed by atoms with Crippen molar-refractivity contribution in [3.8, 4) is 0 Å². The fraction of sp³-hybridized carbons (Fsp3) is 0.391. The quantitative estimate of drug-likeness (QED) is 0.603. The molecule has 4 nitrogen and oxygen atoms in total. The van der Waals surface area contributed by atoms with Crippen LogP contribution in [0.25, 0.3) is 0 Å². The molecule has 2 aromatic carbocycles. The van der Waals surface area contributed by atoms with Gasteiger partial charge in [0.1, 0.15) is 6.04 Å². The third-order valence-electron chi connectivity index (χ3n) is 4.48. The normalized spacial score (nSPS) is 11.7. The van der Waals surface area contributed by atoms with E-state index in [2.05, 4.69) is 11.4 Å². The Labute approximate surface area is 172 Å². The Bertz CT molecular complexity index is 764. The summed E-state index contributed by atoms with van der Waals surface area (Å²) < 4.78 is 0. The molecular formula is C23H30N2O2S. The maximum atomic E-state index is 13.0. The topological polar surface area (TPSA) is 49.4 Å². The average molecular weight is 399 g/mol. The lowest BCUT2D eigenvalue weighted by atomic mass is 10.1. The van der Waals surface area contributed by atoms with Crippen LogP contribution in [-0.4, -0.2) is 35.1 Å². The summed E-state index contributed by atoms with van der Waals surface area (Å²) in [7, 11) is 0. The summed E-state index contributed by atoms with van der Waals surface area (Å²) in [5, 5.41) is 2.91. The van der Waals surface area contributed by atoms with Crippen molar-refractivity contribution in [1.29, 1.82) is 0 Å². The second-order valence-corrected chi connectivity index (χ2v) is 8.06. The van der Waals surface area contributed by atoms with Gasteiger partial charge in [-0.1, -0.05) is 55.0 Å². The summed E-state index contributed by atoms with van der Waals surface area (Å²) >= 11 is 1.66. The summed E-state index contributed by atoms with van der Waals surface area (Å²) in [5.41, 5.74) is 2.19. The lowest BCUT2D eigenvalue weighted by Gasteiger charge is -2.29. The molecule has 0 heterocycles. The molecule has 0 aliphatic rings. The van der Waals surface area contributed by atoms with E-state index in [0.29, 0.717) is 25.3 Å². The van der Waals surface area contributed by atoms with Crippen LogP contribution in [0, 0.1) is 6.92 Å². The van der Waals surface area contributed by atoms with E-state index in [1.54, 1.807) is 16.7 Å². The van der Waals surface area contributed by atoms with Crippen LogP contribution in [0.5, 0.6) is 0 Å². The number of nitrogens with one attached hydrogen (secondary N) is 1. The molecule has 2 amide bonds. The maximum Gasteiger partial charge on any atom is 0.242 e. The molecule has 0 saturated carbocycles. The molecule has 0 radical (unpaired) electrons. The highest BCUT2D eigenvalue weighted by Crippen LogP contribution is 2.19. The van der Waals surface area contributed by atoms with Crippen molar-refractivity contribution in [2.24, 2.45) is 0 Å². The predicted octanol–water partition coefficient (Wildman–Crippen LogP) is 4.42. The number of hydrogen-bond acceptors (Lipinski definition) is 3. The van der Waals surface area contributed by atoms with Crippen molar-refractivity contribution in [1.82, 2.24) is 10.2 Å². The number of hydrogen-bond donors (Lipinski definition) is 1. The van der Waals surface area contributed by atoms with Crippen LogP contribution >= 0.6 is 11.8 Å². The minimum atomic E-state index is -0.499. The van der Waals surface area contributed by atoms with E-state index in [4.69, 9.17) is 0 Å². The zero-order chi connectivity index (χ0) is 20.4. The number of carbonyl (C=O) groups is 2. The molecule has 1 N–H and O–H groups in total. The molecule has 0 fully saturated rings. The molecule has 150 valence electrons. The number of amides is 2. The molecule has 2 aromatic rings. The Morgan fingerprint density at radius 3 is 2.54 bits per heavy atom. The first-order valence-corrected chi connectivity index (χ1v) is 10.8. The van der Waals surface area contributed by atoms with Gasteiger partial charge in [-0.25, -0.2) is 0 Å². The highest BCUT2D eigenvalue weighted by molar-refractivity contribution is 7.99. The summed E-state index contributed by atoms with van der Waals surface area (Å²) in [6.07, 6.45) is 1.27. The van der Waals surface area contributed by atoms with Crippen LogP contribution in [0.3, 0.4) is 0 Å². The molecule has 1 atom stereocenters. The highest BCUT2D eigenvalue weighted by Gasteiger charge is 2.25. The lowest BCUT2D eigenvalue weighted by molar-refractivity contribution is -0.140. The zero-order valence-electron chi connectivity index (χ0n) is 17.0. The average Bonchev–Trinajstić information content (AvgIpc) is 2.70. The maximum absolute atomic E-state index is 13.0. The third kappa shape index (κ3) is 7.04. The van der Waals surface area contributed by atoms with Crippen LogP contribution in [0.2, 0.25) is 0 Å². The summed E-state index contributed by atoms with van der Waals surface area (Å²) in [6.45, 7) is 6.92. The lowest BCUT2D eigenvalue weighted by Crippen LogP contribution is -2.47. The van der Waals surface area contributed by atoms with Gasteiger partial charge >= 0.3 is 0 Å². The van der Waals surface area contributed by atoms with Crippen molar-refractivity contribution in [2.75, 3.05) is 12.3 Å². The Morgan fingerprint density at radius 1 is 1.11 bits per heavy atom. The van der Waals surface area contributed by atoms with E-state index in [1.807, 2.05) is 69.3 Å². The second-order valence-electron chi connectivity index (χ2n) is 6.89. The van der Waals surface area contributed by atoms with Crippen molar-refractivity contribution >= 4 is 23.6 Å². The van der Waals surface area contributed by atoms with Gasteiger partial charge in [-0.15, -0.1) is 11.8 Å². The van der Waals surface area contributed by atoms with E-state index in [1.165, 1.54) is 0 Å². The molecule has 2 rings (SSSR count). The number of rotatable bonds is 10.